The predicted molar refractivity (Wildman–Crippen MR) is 93.5 cm³/mol. The first-order valence-corrected chi connectivity index (χ1v) is 8.48. The van der Waals surface area contributed by atoms with Crippen molar-refractivity contribution in [1.82, 2.24) is 9.88 Å². The van der Waals surface area contributed by atoms with Crippen molar-refractivity contribution in [3.63, 3.8) is 0 Å². The van der Waals surface area contributed by atoms with E-state index in [1.807, 2.05) is 13.0 Å². The molecule has 1 aliphatic heterocycles. The summed E-state index contributed by atoms with van der Waals surface area (Å²) >= 11 is 0. The fourth-order valence-corrected chi connectivity index (χ4v) is 3.46. The molecule has 0 atom stereocenters. The summed E-state index contributed by atoms with van der Waals surface area (Å²) < 4.78 is 15.4. The molecule has 4 heteroatoms. The van der Waals surface area contributed by atoms with Gasteiger partial charge in [0.1, 0.15) is 5.82 Å². The number of nitrogens with one attached hydrogen (secondary N) is 1. The van der Waals surface area contributed by atoms with E-state index in [2.05, 4.69) is 40.2 Å². The van der Waals surface area contributed by atoms with Crippen LogP contribution in [0.2, 0.25) is 0 Å². The zero-order valence-electron chi connectivity index (χ0n) is 14.1. The van der Waals surface area contributed by atoms with E-state index in [0.29, 0.717) is 6.04 Å². The first kappa shape index (κ1) is 16.1. The number of nitrogens with zero attached hydrogens (tertiary/aromatic N) is 2. The van der Waals surface area contributed by atoms with E-state index in [1.165, 1.54) is 11.4 Å². The van der Waals surface area contributed by atoms with Crippen LogP contribution in [-0.4, -0.2) is 30.2 Å². The Morgan fingerprint density at radius 1 is 1.22 bits per heavy atom. The number of benzene rings is 1. The number of aryl methyl sites for hydroxylation is 2. The van der Waals surface area contributed by atoms with E-state index < -0.39 is 0 Å². The first-order valence-electron chi connectivity index (χ1n) is 8.48. The van der Waals surface area contributed by atoms with Crippen LogP contribution >= 0.6 is 0 Å². The molecule has 0 saturated carbocycles. The maximum absolute atomic E-state index is 13.2. The molecule has 0 bridgehead atoms. The third-order valence-corrected chi connectivity index (χ3v) is 4.86. The van der Waals surface area contributed by atoms with Crippen LogP contribution in [0.5, 0.6) is 0 Å². The average Bonchev–Trinajstić information content (AvgIpc) is 2.94. The first-order chi connectivity index (χ1) is 11.1. The number of aromatic nitrogens is 1. The van der Waals surface area contributed by atoms with Crippen molar-refractivity contribution in [2.24, 2.45) is 7.05 Å². The highest BCUT2D eigenvalue weighted by Gasteiger charge is 2.20. The van der Waals surface area contributed by atoms with Crippen LogP contribution < -0.4 is 10.2 Å². The Morgan fingerprint density at radius 2 is 2.00 bits per heavy atom. The van der Waals surface area contributed by atoms with Gasteiger partial charge < -0.3 is 14.8 Å². The number of halogens is 1. The molecule has 1 N–H and O–H groups in total. The van der Waals surface area contributed by atoms with Gasteiger partial charge in [0.15, 0.2) is 0 Å². The lowest BCUT2D eigenvalue weighted by Gasteiger charge is -2.35. The minimum Gasteiger partial charge on any atom is -0.371 e. The zero-order valence-corrected chi connectivity index (χ0v) is 14.1. The van der Waals surface area contributed by atoms with Gasteiger partial charge in [-0.05, 0) is 55.7 Å². The Morgan fingerprint density at radius 3 is 2.65 bits per heavy atom. The predicted octanol–water partition coefficient (Wildman–Crippen LogP) is 3.27. The molecular formula is C19H26FN3. The lowest BCUT2D eigenvalue weighted by Crippen LogP contribution is -2.43. The van der Waals surface area contributed by atoms with E-state index in [1.54, 1.807) is 12.1 Å². The Bertz CT molecular complexity index is 642. The second-order valence-electron chi connectivity index (χ2n) is 6.51. The molecule has 0 unspecified atom stereocenters. The largest absolute Gasteiger partial charge is 0.371 e. The van der Waals surface area contributed by atoms with E-state index in [-0.39, 0.29) is 5.82 Å². The normalized spacial score (nSPS) is 16.0. The van der Waals surface area contributed by atoms with E-state index in [9.17, 15) is 4.39 Å². The van der Waals surface area contributed by atoms with Crippen molar-refractivity contribution in [2.45, 2.75) is 32.2 Å². The summed E-state index contributed by atoms with van der Waals surface area (Å²) in [6, 6.07) is 9.97. The minimum absolute atomic E-state index is 0.150. The topological polar surface area (TPSA) is 20.2 Å². The maximum atomic E-state index is 13.2. The Labute approximate surface area is 138 Å². The van der Waals surface area contributed by atoms with Crippen LogP contribution in [0.4, 0.5) is 10.1 Å². The quantitative estimate of drug-likeness (QED) is 0.914. The molecule has 1 saturated heterocycles. The molecule has 124 valence electrons. The molecule has 2 aromatic rings. The summed E-state index contributed by atoms with van der Waals surface area (Å²) in [5.74, 6) is -0.150. The smallest absolute Gasteiger partial charge is 0.123 e. The van der Waals surface area contributed by atoms with Gasteiger partial charge in [0, 0.05) is 56.7 Å². The lowest BCUT2D eigenvalue weighted by atomic mass is 10.0. The molecule has 0 aliphatic carbocycles. The van der Waals surface area contributed by atoms with Gasteiger partial charge in [-0.15, -0.1) is 0 Å². The molecule has 0 spiro atoms. The van der Waals surface area contributed by atoms with Crippen LogP contribution in [0.3, 0.4) is 0 Å². The summed E-state index contributed by atoms with van der Waals surface area (Å²) in [4.78, 5) is 2.38. The van der Waals surface area contributed by atoms with Gasteiger partial charge in [-0.2, -0.15) is 0 Å². The van der Waals surface area contributed by atoms with Gasteiger partial charge in [-0.25, -0.2) is 4.39 Å². The fourth-order valence-electron chi connectivity index (χ4n) is 3.46. The summed E-state index contributed by atoms with van der Waals surface area (Å²) in [5.41, 5.74) is 3.57. The number of hydrogen-bond donors (Lipinski definition) is 1. The van der Waals surface area contributed by atoms with Gasteiger partial charge in [-0.1, -0.05) is 0 Å². The standard InChI is InChI=1S/C19H26FN3/c1-15-14-16(20)5-6-19(15)23-12-8-17(9-13-23)21-10-7-18-4-3-11-22(18)2/h3-6,11,14,17,21H,7-10,12-13H2,1-2H3. The van der Waals surface area contributed by atoms with Crippen molar-refractivity contribution >= 4 is 5.69 Å². The molecule has 3 rings (SSSR count). The summed E-state index contributed by atoms with van der Waals surface area (Å²) in [6.45, 7) is 5.09. The van der Waals surface area contributed by atoms with Gasteiger partial charge in [-0.3, -0.25) is 0 Å². The van der Waals surface area contributed by atoms with Crippen LogP contribution in [0.25, 0.3) is 0 Å². The van der Waals surface area contributed by atoms with Gasteiger partial charge in [0.2, 0.25) is 0 Å². The van der Waals surface area contributed by atoms with Crippen molar-refractivity contribution in [3.8, 4) is 0 Å². The molecule has 1 fully saturated rings. The van der Waals surface area contributed by atoms with Crippen LogP contribution in [0.15, 0.2) is 36.5 Å². The molecule has 1 aliphatic rings. The van der Waals surface area contributed by atoms with E-state index >= 15 is 0 Å². The molecule has 3 nitrogen and oxygen atoms in total. The monoisotopic (exact) mass is 315 g/mol. The van der Waals surface area contributed by atoms with Crippen molar-refractivity contribution < 1.29 is 4.39 Å². The fraction of sp³-hybridized carbons (Fsp3) is 0.474. The summed E-state index contributed by atoms with van der Waals surface area (Å²) in [7, 11) is 2.10. The second-order valence-corrected chi connectivity index (χ2v) is 6.51. The SMILES string of the molecule is Cc1cc(F)ccc1N1CCC(NCCc2cccn2C)CC1. The maximum Gasteiger partial charge on any atom is 0.123 e. The molecule has 2 heterocycles. The van der Waals surface area contributed by atoms with E-state index in [4.69, 9.17) is 0 Å². The van der Waals surface area contributed by atoms with Gasteiger partial charge in [0.05, 0.1) is 0 Å². The van der Waals surface area contributed by atoms with Gasteiger partial charge in [0.25, 0.3) is 0 Å². The molecule has 23 heavy (non-hydrogen) atoms. The van der Waals surface area contributed by atoms with Crippen molar-refractivity contribution in [1.29, 1.82) is 0 Å². The zero-order chi connectivity index (χ0) is 16.2. The highest BCUT2D eigenvalue weighted by molar-refractivity contribution is 5.53. The van der Waals surface area contributed by atoms with Gasteiger partial charge >= 0.3 is 0 Å². The number of hydrogen-bond acceptors (Lipinski definition) is 2. The molecule has 0 radical (unpaired) electrons. The highest BCUT2D eigenvalue weighted by atomic mass is 19.1. The Hall–Kier alpha value is -1.81. The Balaban J connectivity index is 1.46. The third kappa shape index (κ3) is 3.94. The average molecular weight is 315 g/mol. The van der Waals surface area contributed by atoms with Crippen LogP contribution in [-0.2, 0) is 13.5 Å². The third-order valence-electron chi connectivity index (χ3n) is 4.86. The molecule has 1 aromatic heterocycles. The van der Waals surface area contributed by atoms with Crippen molar-refractivity contribution in [3.05, 3.63) is 53.6 Å². The Kier molecular flexibility index (Phi) is 5.01. The summed E-state index contributed by atoms with van der Waals surface area (Å²) in [6.07, 6.45) is 5.45. The van der Waals surface area contributed by atoms with E-state index in [0.717, 1.165) is 44.5 Å². The number of anilines is 1. The molecule has 1 aromatic carbocycles. The summed E-state index contributed by atoms with van der Waals surface area (Å²) in [5, 5.41) is 3.68. The second kappa shape index (κ2) is 7.18. The minimum atomic E-state index is -0.150. The highest BCUT2D eigenvalue weighted by Crippen LogP contribution is 2.24. The van der Waals surface area contributed by atoms with Crippen LogP contribution in [0, 0.1) is 12.7 Å². The lowest BCUT2D eigenvalue weighted by molar-refractivity contribution is 0.416. The number of piperidine rings is 1. The van der Waals surface area contributed by atoms with Crippen molar-refractivity contribution in [2.75, 3.05) is 24.5 Å². The van der Waals surface area contributed by atoms with Crippen LogP contribution in [0.1, 0.15) is 24.1 Å². The number of rotatable bonds is 5. The molecular weight excluding hydrogens is 289 g/mol. The molecule has 0 amide bonds.